The second kappa shape index (κ2) is 8.20. The number of nitrogens with two attached hydrogens (primary N) is 1. The molecular formula is C18H22N2O5S. The molecule has 0 heterocycles. The number of aryl methyl sites for hydroxylation is 1. The van der Waals surface area contributed by atoms with Gasteiger partial charge in [0.05, 0.1) is 18.6 Å². The number of methoxy groups -OCH3 is 1. The lowest BCUT2D eigenvalue weighted by Crippen LogP contribution is -2.24. The number of primary sulfonamides is 1. The van der Waals surface area contributed by atoms with Crippen molar-refractivity contribution in [1.29, 1.82) is 0 Å². The Hall–Kier alpha value is -2.58. The van der Waals surface area contributed by atoms with Crippen LogP contribution < -0.4 is 19.9 Å². The van der Waals surface area contributed by atoms with Crippen LogP contribution in [0, 0.1) is 6.92 Å². The summed E-state index contributed by atoms with van der Waals surface area (Å²) >= 11 is 0. The van der Waals surface area contributed by atoms with Crippen molar-refractivity contribution in [3.63, 3.8) is 0 Å². The van der Waals surface area contributed by atoms with Crippen LogP contribution in [0.25, 0.3) is 0 Å². The molecule has 0 unspecified atom stereocenters. The molecule has 26 heavy (non-hydrogen) atoms. The fourth-order valence-electron chi connectivity index (χ4n) is 2.40. The number of hydrogen-bond acceptors (Lipinski definition) is 5. The summed E-state index contributed by atoms with van der Waals surface area (Å²) in [6.07, 6.45) is 0. The zero-order valence-electron chi connectivity index (χ0n) is 14.9. The van der Waals surface area contributed by atoms with Gasteiger partial charge in [0.15, 0.2) is 11.5 Å². The smallest absolute Gasteiger partial charge is 0.251 e. The van der Waals surface area contributed by atoms with Crippen LogP contribution in [-0.4, -0.2) is 28.0 Å². The molecule has 0 radical (unpaired) electrons. The van der Waals surface area contributed by atoms with Crippen LogP contribution in [0.1, 0.15) is 28.4 Å². The number of carbonyl (C=O) groups excluding carboxylic acids is 1. The Labute approximate surface area is 153 Å². The van der Waals surface area contributed by atoms with E-state index >= 15 is 0 Å². The van der Waals surface area contributed by atoms with Gasteiger partial charge in [0.1, 0.15) is 0 Å². The third-order valence-corrected chi connectivity index (χ3v) is 4.67. The summed E-state index contributed by atoms with van der Waals surface area (Å²) in [6.45, 7) is 4.38. The molecule has 0 aliphatic carbocycles. The normalized spacial score (nSPS) is 11.1. The maximum Gasteiger partial charge on any atom is 0.251 e. The third kappa shape index (κ3) is 4.74. The number of nitrogens with one attached hydrogen (secondary N) is 1. The van der Waals surface area contributed by atoms with E-state index in [4.69, 9.17) is 14.6 Å². The van der Waals surface area contributed by atoms with Crippen molar-refractivity contribution < 1.29 is 22.7 Å². The minimum atomic E-state index is -3.87. The predicted molar refractivity (Wildman–Crippen MR) is 97.9 cm³/mol. The van der Waals surface area contributed by atoms with E-state index in [0.717, 1.165) is 5.56 Å². The number of sulfonamides is 1. The van der Waals surface area contributed by atoms with Crippen molar-refractivity contribution in [3.05, 3.63) is 53.1 Å². The van der Waals surface area contributed by atoms with Crippen LogP contribution in [0.5, 0.6) is 11.5 Å². The van der Waals surface area contributed by atoms with Crippen LogP contribution in [0.3, 0.4) is 0 Å². The zero-order chi connectivity index (χ0) is 19.3. The first-order valence-electron chi connectivity index (χ1n) is 7.97. The molecule has 0 saturated heterocycles. The highest BCUT2D eigenvalue weighted by Crippen LogP contribution is 2.28. The zero-order valence-corrected chi connectivity index (χ0v) is 15.7. The lowest BCUT2D eigenvalue weighted by molar-refractivity contribution is 0.0950. The van der Waals surface area contributed by atoms with E-state index in [2.05, 4.69) is 5.32 Å². The highest BCUT2D eigenvalue weighted by Gasteiger charge is 2.15. The summed E-state index contributed by atoms with van der Waals surface area (Å²) in [6, 6.07) is 9.57. The van der Waals surface area contributed by atoms with Gasteiger partial charge in [-0.25, -0.2) is 13.6 Å². The molecule has 1 amide bonds. The predicted octanol–water partition coefficient (Wildman–Crippen LogP) is 1.98. The quantitative estimate of drug-likeness (QED) is 0.766. The monoisotopic (exact) mass is 378 g/mol. The molecule has 8 heteroatoms. The van der Waals surface area contributed by atoms with Gasteiger partial charge in [-0.15, -0.1) is 0 Å². The SMILES string of the molecule is CCOc1ccc(CNC(=O)c2cc(S(N)(=O)=O)ccc2C)cc1OC. The molecule has 7 nitrogen and oxygen atoms in total. The average Bonchev–Trinajstić information content (AvgIpc) is 2.60. The Morgan fingerprint density at radius 1 is 1.15 bits per heavy atom. The lowest BCUT2D eigenvalue weighted by Gasteiger charge is -2.12. The summed E-state index contributed by atoms with van der Waals surface area (Å²) in [5.74, 6) is 0.814. The Morgan fingerprint density at radius 2 is 1.88 bits per heavy atom. The molecule has 0 saturated carbocycles. The fraction of sp³-hybridized carbons (Fsp3) is 0.278. The number of rotatable bonds is 7. The van der Waals surface area contributed by atoms with Crippen LogP contribution in [0.15, 0.2) is 41.3 Å². The van der Waals surface area contributed by atoms with E-state index < -0.39 is 10.0 Å². The van der Waals surface area contributed by atoms with Crippen molar-refractivity contribution in [2.45, 2.75) is 25.3 Å². The van der Waals surface area contributed by atoms with Gasteiger partial charge in [0.25, 0.3) is 5.91 Å². The van der Waals surface area contributed by atoms with Gasteiger partial charge in [-0.1, -0.05) is 12.1 Å². The van der Waals surface area contributed by atoms with Gasteiger partial charge in [-0.05, 0) is 49.2 Å². The van der Waals surface area contributed by atoms with E-state index in [9.17, 15) is 13.2 Å². The molecule has 2 aromatic rings. The molecule has 2 rings (SSSR count). The minimum absolute atomic E-state index is 0.101. The number of amides is 1. The summed E-state index contributed by atoms with van der Waals surface area (Å²) in [5, 5.41) is 7.89. The van der Waals surface area contributed by atoms with Gasteiger partial charge < -0.3 is 14.8 Å². The first-order chi connectivity index (χ1) is 12.3. The van der Waals surface area contributed by atoms with E-state index in [1.807, 2.05) is 13.0 Å². The fourth-order valence-corrected chi connectivity index (χ4v) is 2.94. The lowest BCUT2D eigenvalue weighted by atomic mass is 10.1. The topological polar surface area (TPSA) is 108 Å². The van der Waals surface area contributed by atoms with Crippen molar-refractivity contribution in [2.24, 2.45) is 5.14 Å². The third-order valence-electron chi connectivity index (χ3n) is 3.76. The summed E-state index contributed by atoms with van der Waals surface area (Å²) in [5.41, 5.74) is 1.73. The second-order valence-electron chi connectivity index (χ2n) is 5.62. The van der Waals surface area contributed by atoms with Crippen molar-refractivity contribution >= 4 is 15.9 Å². The van der Waals surface area contributed by atoms with Crippen molar-refractivity contribution in [1.82, 2.24) is 5.32 Å². The van der Waals surface area contributed by atoms with Crippen LogP contribution >= 0.6 is 0 Å². The van der Waals surface area contributed by atoms with E-state index in [-0.39, 0.29) is 22.9 Å². The highest BCUT2D eigenvalue weighted by atomic mass is 32.2. The standard InChI is InChI=1S/C18H22N2O5S/c1-4-25-16-8-6-13(9-17(16)24-3)11-20-18(21)15-10-14(26(19,22)23)7-5-12(15)2/h5-10H,4,11H2,1-3H3,(H,20,21)(H2,19,22,23). The summed E-state index contributed by atoms with van der Waals surface area (Å²) < 4.78 is 33.7. The van der Waals surface area contributed by atoms with Crippen LogP contribution in [0.2, 0.25) is 0 Å². The highest BCUT2D eigenvalue weighted by molar-refractivity contribution is 7.89. The Bertz CT molecular complexity index is 910. The van der Waals surface area contributed by atoms with E-state index in [1.54, 1.807) is 32.2 Å². The molecule has 0 fully saturated rings. The van der Waals surface area contributed by atoms with E-state index in [0.29, 0.717) is 23.7 Å². The maximum atomic E-state index is 12.4. The summed E-state index contributed by atoms with van der Waals surface area (Å²) in [7, 11) is -2.33. The maximum absolute atomic E-state index is 12.4. The number of hydrogen-bond donors (Lipinski definition) is 2. The average molecular weight is 378 g/mol. The van der Waals surface area contributed by atoms with Crippen molar-refractivity contribution in [3.8, 4) is 11.5 Å². The molecule has 0 aliphatic rings. The first kappa shape index (κ1) is 19.7. The Kier molecular flexibility index (Phi) is 6.23. The van der Waals surface area contributed by atoms with Crippen LogP contribution in [-0.2, 0) is 16.6 Å². The molecule has 0 spiro atoms. The van der Waals surface area contributed by atoms with Gasteiger partial charge in [-0.3, -0.25) is 4.79 Å². The Morgan fingerprint density at radius 3 is 2.50 bits per heavy atom. The van der Waals surface area contributed by atoms with Gasteiger partial charge in [-0.2, -0.15) is 0 Å². The number of ether oxygens (including phenoxy) is 2. The van der Waals surface area contributed by atoms with E-state index in [1.165, 1.54) is 12.1 Å². The first-order valence-corrected chi connectivity index (χ1v) is 9.52. The Balaban J connectivity index is 2.16. The van der Waals surface area contributed by atoms with Gasteiger partial charge in [0.2, 0.25) is 10.0 Å². The molecule has 2 aromatic carbocycles. The second-order valence-corrected chi connectivity index (χ2v) is 7.18. The molecule has 0 aromatic heterocycles. The largest absolute Gasteiger partial charge is 0.493 e. The molecule has 3 N–H and O–H groups in total. The van der Waals surface area contributed by atoms with Gasteiger partial charge in [0, 0.05) is 12.1 Å². The molecule has 0 atom stereocenters. The van der Waals surface area contributed by atoms with Gasteiger partial charge >= 0.3 is 0 Å². The number of benzene rings is 2. The summed E-state index contributed by atoms with van der Waals surface area (Å²) in [4.78, 5) is 12.3. The van der Waals surface area contributed by atoms with Crippen molar-refractivity contribution in [2.75, 3.05) is 13.7 Å². The molecule has 0 bridgehead atoms. The molecule has 0 aliphatic heterocycles. The number of carbonyl (C=O) groups is 1. The van der Waals surface area contributed by atoms with Crippen LogP contribution in [0.4, 0.5) is 0 Å². The molecule has 140 valence electrons. The minimum Gasteiger partial charge on any atom is -0.493 e. The molecular weight excluding hydrogens is 356 g/mol.